The minimum Gasteiger partial charge on any atom is -0.494 e. The van der Waals surface area contributed by atoms with E-state index in [4.69, 9.17) is 9.47 Å². The number of rotatable bonds is 9. The summed E-state index contributed by atoms with van der Waals surface area (Å²) in [6, 6.07) is 25.2. The molecule has 0 fully saturated rings. The maximum Gasteiger partial charge on any atom is 0.255 e. The molecule has 2 N–H and O–H groups in total. The van der Waals surface area contributed by atoms with Crippen LogP contribution < -0.4 is 14.8 Å². The molecule has 0 saturated carbocycles. The van der Waals surface area contributed by atoms with Crippen molar-refractivity contribution in [2.24, 2.45) is 0 Å². The van der Waals surface area contributed by atoms with Crippen molar-refractivity contribution in [1.82, 2.24) is 25.9 Å². The number of nitrogens with one attached hydrogen (secondary N) is 2. The lowest BCUT2D eigenvalue weighted by molar-refractivity contribution is 0.0964. The van der Waals surface area contributed by atoms with E-state index < -0.39 is 0 Å². The van der Waals surface area contributed by atoms with Gasteiger partial charge in [-0.25, -0.2) is 5.10 Å². The summed E-state index contributed by atoms with van der Waals surface area (Å²) < 4.78 is 11.9. The number of fused-ring (bicyclic) bond motifs is 1. The van der Waals surface area contributed by atoms with Gasteiger partial charge in [0, 0.05) is 17.5 Å². The average molecular weight is 468 g/mol. The summed E-state index contributed by atoms with van der Waals surface area (Å²) in [6.07, 6.45) is 3.56. The fourth-order valence-electron chi connectivity index (χ4n) is 3.92. The van der Waals surface area contributed by atoms with Crippen molar-refractivity contribution >= 4 is 11.7 Å². The van der Waals surface area contributed by atoms with Crippen molar-refractivity contribution in [1.29, 1.82) is 0 Å². The minimum absolute atomic E-state index is 0.248. The van der Waals surface area contributed by atoms with Crippen LogP contribution in [0.4, 0.5) is 0 Å². The van der Waals surface area contributed by atoms with Crippen LogP contribution in [0.3, 0.4) is 0 Å². The van der Waals surface area contributed by atoms with Crippen molar-refractivity contribution in [2.75, 3.05) is 6.61 Å². The third-order valence-corrected chi connectivity index (χ3v) is 5.74. The maximum atomic E-state index is 13.0. The fourth-order valence-corrected chi connectivity index (χ4v) is 3.92. The van der Waals surface area contributed by atoms with Gasteiger partial charge >= 0.3 is 0 Å². The summed E-state index contributed by atoms with van der Waals surface area (Å²) in [5.74, 6) is 1.96. The van der Waals surface area contributed by atoms with Crippen LogP contribution in [0.15, 0.2) is 84.6 Å². The highest BCUT2D eigenvalue weighted by Crippen LogP contribution is 2.32. The van der Waals surface area contributed by atoms with Crippen LogP contribution >= 0.6 is 0 Å². The zero-order valence-corrected chi connectivity index (χ0v) is 19.1. The molecule has 8 heteroatoms. The summed E-state index contributed by atoms with van der Waals surface area (Å²) in [5, 5.41) is 16.9. The normalized spacial score (nSPS) is 12.6. The lowest BCUT2D eigenvalue weighted by atomic mass is 10.0. The van der Waals surface area contributed by atoms with E-state index in [2.05, 4.69) is 50.2 Å². The largest absolute Gasteiger partial charge is 0.494 e. The van der Waals surface area contributed by atoms with Gasteiger partial charge in [0.25, 0.3) is 5.91 Å². The van der Waals surface area contributed by atoms with E-state index in [1.54, 1.807) is 12.1 Å². The number of hydrogen-bond donors (Lipinski definition) is 2. The molecule has 5 rings (SSSR count). The van der Waals surface area contributed by atoms with Gasteiger partial charge in [-0.15, -0.1) is 5.10 Å². The molecule has 35 heavy (non-hydrogen) atoms. The zero-order chi connectivity index (χ0) is 23.9. The van der Waals surface area contributed by atoms with Crippen LogP contribution in [0.1, 0.15) is 40.2 Å². The smallest absolute Gasteiger partial charge is 0.255 e. The van der Waals surface area contributed by atoms with E-state index in [1.807, 2.05) is 42.5 Å². The number of para-hydroxylation sites is 1. The molecule has 1 aliphatic heterocycles. The number of aryl methyl sites for hydroxylation is 1. The molecule has 176 valence electrons. The molecule has 3 aromatic carbocycles. The van der Waals surface area contributed by atoms with Crippen molar-refractivity contribution < 1.29 is 14.3 Å². The molecule has 0 radical (unpaired) electrons. The Balaban J connectivity index is 1.18. The molecule has 8 nitrogen and oxygen atoms in total. The Bertz CT molecular complexity index is 1300. The summed E-state index contributed by atoms with van der Waals surface area (Å²) in [5.41, 5.74) is 3.41. The SMILES string of the molecule is O=C(NC1=C(c2nnn[nH]2)Oc2ccccc2C1)c1ccc(OCCCCc2ccccc2)cc1. The van der Waals surface area contributed by atoms with Gasteiger partial charge < -0.3 is 14.8 Å². The van der Waals surface area contributed by atoms with Crippen molar-refractivity contribution in [3.8, 4) is 11.5 Å². The highest BCUT2D eigenvalue weighted by atomic mass is 16.5. The number of benzene rings is 3. The number of hydrogen-bond acceptors (Lipinski definition) is 6. The molecule has 1 amide bonds. The summed E-state index contributed by atoms with van der Waals surface area (Å²) in [4.78, 5) is 13.0. The van der Waals surface area contributed by atoms with Crippen molar-refractivity contribution in [3.63, 3.8) is 0 Å². The molecule has 0 atom stereocenters. The van der Waals surface area contributed by atoms with Crippen LogP contribution in [-0.2, 0) is 12.8 Å². The standard InChI is InChI=1S/C27H25N5O3/c33-27(20-13-15-22(16-14-20)34-17-7-6-10-19-8-2-1-3-9-19)28-23-18-21-11-4-5-12-24(21)35-25(23)26-29-31-32-30-26/h1-5,8-9,11-16H,6-7,10,17-18H2,(H,28,33)(H,29,30,31,32). The topological polar surface area (TPSA) is 102 Å². The quantitative estimate of drug-likeness (QED) is 0.355. The second-order valence-corrected chi connectivity index (χ2v) is 8.21. The first-order chi connectivity index (χ1) is 17.3. The van der Waals surface area contributed by atoms with Gasteiger partial charge in [-0.1, -0.05) is 48.5 Å². The number of unbranched alkanes of at least 4 members (excludes halogenated alkanes) is 1. The Morgan fingerprint density at radius 1 is 0.971 bits per heavy atom. The highest BCUT2D eigenvalue weighted by molar-refractivity contribution is 5.96. The number of aromatic nitrogens is 4. The molecular formula is C27H25N5O3. The molecule has 0 bridgehead atoms. The minimum atomic E-state index is -0.248. The molecule has 4 aromatic rings. The van der Waals surface area contributed by atoms with Crippen molar-refractivity contribution in [2.45, 2.75) is 25.7 Å². The monoisotopic (exact) mass is 467 g/mol. The third-order valence-electron chi connectivity index (χ3n) is 5.74. The van der Waals surface area contributed by atoms with Crippen LogP contribution in [0.25, 0.3) is 5.76 Å². The predicted octanol–water partition coefficient (Wildman–Crippen LogP) is 4.34. The Kier molecular flexibility index (Phi) is 6.79. The molecule has 0 saturated heterocycles. The van der Waals surface area contributed by atoms with E-state index in [0.717, 1.165) is 30.6 Å². The van der Waals surface area contributed by atoms with Gasteiger partial charge in [0.1, 0.15) is 11.5 Å². The predicted molar refractivity (Wildman–Crippen MR) is 131 cm³/mol. The molecule has 0 spiro atoms. The molecule has 0 unspecified atom stereocenters. The number of allylic oxidation sites excluding steroid dienone is 1. The van der Waals surface area contributed by atoms with E-state index in [1.165, 1.54) is 5.56 Å². The molecule has 1 aliphatic rings. The highest BCUT2D eigenvalue weighted by Gasteiger charge is 2.25. The number of H-pyrrole nitrogens is 1. The summed E-state index contributed by atoms with van der Waals surface area (Å²) >= 11 is 0. The maximum absolute atomic E-state index is 13.0. The molecule has 2 heterocycles. The van der Waals surface area contributed by atoms with Crippen LogP contribution in [0.2, 0.25) is 0 Å². The molecule has 0 aliphatic carbocycles. The number of nitrogens with zero attached hydrogens (tertiary/aromatic N) is 3. The van der Waals surface area contributed by atoms with E-state index in [-0.39, 0.29) is 5.91 Å². The zero-order valence-electron chi connectivity index (χ0n) is 19.1. The van der Waals surface area contributed by atoms with Gasteiger partial charge in [0.15, 0.2) is 5.76 Å². The van der Waals surface area contributed by atoms with Crippen LogP contribution in [0.5, 0.6) is 11.5 Å². The third kappa shape index (κ3) is 5.55. The number of carbonyl (C=O) groups is 1. The van der Waals surface area contributed by atoms with Crippen LogP contribution in [0, 0.1) is 0 Å². The van der Waals surface area contributed by atoms with Gasteiger partial charge in [0.2, 0.25) is 5.82 Å². The average Bonchev–Trinajstić information content (AvgIpc) is 3.44. The van der Waals surface area contributed by atoms with Gasteiger partial charge in [-0.2, -0.15) is 0 Å². The summed E-state index contributed by atoms with van der Waals surface area (Å²) in [6.45, 7) is 0.636. The number of carbonyl (C=O) groups excluding carboxylic acids is 1. The first-order valence-electron chi connectivity index (χ1n) is 11.6. The van der Waals surface area contributed by atoms with E-state index in [9.17, 15) is 4.79 Å². The lowest BCUT2D eigenvalue weighted by Crippen LogP contribution is -2.28. The number of ether oxygens (including phenoxy) is 2. The first-order valence-corrected chi connectivity index (χ1v) is 11.6. The summed E-state index contributed by atoms with van der Waals surface area (Å²) in [7, 11) is 0. The Hall–Kier alpha value is -4.46. The van der Waals surface area contributed by atoms with Gasteiger partial charge in [-0.3, -0.25) is 4.79 Å². The van der Waals surface area contributed by atoms with E-state index >= 15 is 0 Å². The van der Waals surface area contributed by atoms with E-state index in [0.29, 0.717) is 41.6 Å². The first kappa shape index (κ1) is 22.3. The Morgan fingerprint density at radius 3 is 2.57 bits per heavy atom. The van der Waals surface area contributed by atoms with Gasteiger partial charge in [-0.05, 0) is 65.6 Å². The van der Waals surface area contributed by atoms with Crippen LogP contribution in [-0.4, -0.2) is 33.1 Å². The second-order valence-electron chi connectivity index (χ2n) is 8.21. The Labute approximate surface area is 203 Å². The molecular weight excluding hydrogens is 442 g/mol. The number of aromatic amines is 1. The second kappa shape index (κ2) is 10.6. The lowest BCUT2D eigenvalue weighted by Gasteiger charge is -2.22. The number of tetrazole rings is 1. The number of amides is 1. The van der Waals surface area contributed by atoms with Crippen molar-refractivity contribution in [3.05, 3.63) is 107 Å². The molecule has 1 aromatic heterocycles. The van der Waals surface area contributed by atoms with Gasteiger partial charge in [0.05, 0.1) is 12.3 Å². The fraction of sp³-hybridized carbons (Fsp3) is 0.185. The Morgan fingerprint density at radius 2 is 1.77 bits per heavy atom.